The second-order valence-corrected chi connectivity index (χ2v) is 5.01. The van der Waals surface area contributed by atoms with E-state index in [0.29, 0.717) is 0 Å². The van der Waals surface area contributed by atoms with Crippen molar-refractivity contribution in [3.05, 3.63) is 30.6 Å². The van der Waals surface area contributed by atoms with Gasteiger partial charge in [-0.3, -0.25) is 4.79 Å². The zero-order valence-electron chi connectivity index (χ0n) is 10.6. The largest absolute Gasteiger partial charge is 0.326 e. The Hall–Kier alpha value is -2.24. The van der Waals surface area contributed by atoms with E-state index in [-0.39, 0.29) is 5.91 Å². The van der Waals surface area contributed by atoms with Crippen molar-refractivity contribution in [3.8, 4) is 5.69 Å². The van der Waals surface area contributed by atoms with E-state index in [0.717, 1.165) is 11.4 Å². The Balaban J connectivity index is 2.21. The summed E-state index contributed by atoms with van der Waals surface area (Å²) in [7, 11) is 0. The van der Waals surface area contributed by atoms with Crippen molar-refractivity contribution in [3.63, 3.8) is 0 Å². The van der Waals surface area contributed by atoms with Crippen molar-refractivity contribution in [1.82, 2.24) is 20.2 Å². The summed E-state index contributed by atoms with van der Waals surface area (Å²) in [6.45, 7) is 5.61. The first-order chi connectivity index (χ1) is 8.47. The van der Waals surface area contributed by atoms with Crippen LogP contribution in [0.5, 0.6) is 0 Å². The summed E-state index contributed by atoms with van der Waals surface area (Å²) in [5, 5.41) is 13.8. The fourth-order valence-corrected chi connectivity index (χ4v) is 1.32. The van der Waals surface area contributed by atoms with E-state index in [1.165, 1.54) is 11.0 Å². The van der Waals surface area contributed by atoms with Gasteiger partial charge in [-0.05, 0) is 28.6 Å². The van der Waals surface area contributed by atoms with Crippen LogP contribution in [-0.4, -0.2) is 26.1 Å². The van der Waals surface area contributed by atoms with E-state index in [9.17, 15) is 4.79 Å². The molecule has 0 saturated heterocycles. The number of amides is 1. The third-order valence-corrected chi connectivity index (χ3v) is 2.40. The predicted molar refractivity (Wildman–Crippen MR) is 67.2 cm³/mol. The van der Waals surface area contributed by atoms with Crippen molar-refractivity contribution >= 4 is 11.6 Å². The van der Waals surface area contributed by atoms with Gasteiger partial charge in [0.2, 0.25) is 5.91 Å². The molecule has 0 fully saturated rings. The van der Waals surface area contributed by atoms with E-state index in [2.05, 4.69) is 20.8 Å². The molecule has 0 bridgehead atoms. The molecule has 0 radical (unpaired) electrons. The van der Waals surface area contributed by atoms with Gasteiger partial charge in [-0.2, -0.15) is 0 Å². The summed E-state index contributed by atoms with van der Waals surface area (Å²) in [6, 6.07) is 7.36. The maximum absolute atomic E-state index is 11.9. The minimum absolute atomic E-state index is 0.0311. The van der Waals surface area contributed by atoms with Crippen molar-refractivity contribution in [2.24, 2.45) is 5.41 Å². The van der Waals surface area contributed by atoms with Gasteiger partial charge in [-0.15, -0.1) is 5.10 Å². The lowest BCUT2D eigenvalue weighted by Crippen LogP contribution is -2.27. The average Bonchev–Trinajstić information content (AvgIpc) is 2.81. The van der Waals surface area contributed by atoms with Crippen LogP contribution in [0.3, 0.4) is 0 Å². The van der Waals surface area contributed by atoms with Gasteiger partial charge in [0.15, 0.2) is 0 Å². The molecule has 1 aromatic carbocycles. The number of benzene rings is 1. The van der Waals surface area contributed by atoms with E-state index < -0.39 is 5.41 Å². The first-order valence-corrected chi connectivity index (χ1v) is 5.62. The van der Waals surface area contributed by atoms with Crippen molar-refractivity contribution in [1.29, 1.82) is 0 Å². The fourth-order valence-electron chi connectivity index (χ4n) is 1.32. The van der Waals surface area contributed by atoms with E-state index >= 15 is 0 Å². The third kappa shape index (κ3) is 2.71. The van der Waals surface area contributed by atoms with Crippen LogP contribution in [-0.2, 0) is 4.79 Å². The van der Waals surface area contributed by atoms with E-state index in [1.54, 1.807) is 0 Å². The van der Waals surface area contributed by atoms with Crippen molar-refractivity contribution < 1.29 is 4.79 Å². The molecule has 1 N–H and O–H groups in total. The molecule has 1 heterocycles. The normalized spacial score (nSPS) is 11.3. The number of aromatic nitrogens is 4. The Bertz CT molecular complexity index is 542. The van der Waals surface area contributed by atoms with Gasteiger partial charge in [0.05, 0.1) is 5.69 Å². The summed E-state index contributed by atoms with van der Waals surface area (Å²) in [5.74, 6) is -0.0311. The van der Waals surface area contributed by atoms with Gasteiger partial charge in [0.25, 0.3) is 0 Å². The van der Waals surface area contributed by atoms with Gasteiger partial charge >= 0.3 is 0 Å². The first kappa shape index (κ1) is 12.2. The highest BCUT2D eigenvalue weighted by Gasteiger charge is 2.21. The minimum Gasteiger partial charge on any atom is -0.326 e. The van der Waals surface area contributed by atoms with E-state index in [1.807, 2.05) is 45.0 Å². The van der Waals surface area contributed by atoms with Crippen molar-refractivity contribution in [2.75, 3.05) is 5.32 Å². The van der Waals surface area contributed by atoms with E-state index in [4.69, 9.17) is 0 Å². The summed E-state index contributed by atoms with van der Waals surface area (Å²) in [5.41, 5.74) is 1.10. The highest BCUT2D eigenvalue weighted by atomic mass is 16.2. The Labute approximate surface area is 105 Å². The van der Waals surface area contributed by atoms with Gasteiger partial charge in [-0.1, -0.05) is 26.8 Å². The second kappa shape index (κ2) is 4.56. The monoisotopic (exact) mass is 245 g/mol. The molecule has 1 amide bonds. The molecule has 0 spiro atoms. The molecule has 2 aromatic rings. The Kier molecular flexibility index (Phi) is 3.10. The molecule has 0 saturated carbocycles. The molecule has 0 atom stereocenters. The molecule has 94 valence electrons. The molecule has 6 heteroatoms. The lowest BCUT2D eigenvalue weighted by molar-refractivity contribution is -0.123. The predicted octanol–water partition coefficient (Wildman–Crippen LogP) is 1.65. The van der Waals surface area contributed by atoms with Crippen LogP contribution in [0.2, 0.25) is 0 Å². The highest BCUT2D eigenvalue weighted by molar-refractivity contribution is 5.94. The lowest BCUT2D eigenvalue weighted by Gasteiger charge is -2.17. The maximum Gasteiger partial charge on any atom is 0.229 e. The number of carbonyl (C=O) groups is 1. The molecule has 0 aliphatic carbocycles. The van der Waals surface area contributed by atoms with Gasteiger partial charge in [-0.25, -0.2) is 4.68 Å². The molecule has 0 unspecified atom stereocenters. The Morgan fingerprint density at radius 1 is 1.33 bits per heavy atom. The topological polar surface area (TPSA) is 72.7 Å². The zero-order chi connectivity index (χ0) is 13.2. The quantitative estimate of drug-likeness (QED) is 0.873. The highest BCUT2D eigenvalue weighted by Crippen LogP contribution is 2.19. The Morgan fingerprint density at radius 2 is 2.11 bits per heavy atom. The number of tetrazole rings is 1. The second-order valence-electron chi connectivity index (χ2n) is 5.01. The van der Waals surface area contributed by atoms with Crippen LogP contribution in [0.15, 0.2) is 30.6 Å². The molecule has 2 rings (SSSR count). The number of carbonyl (C=O) groups excluding carboxylic acids is 1. The number of nitrogens with one attached hydrogen (secondary N) is 1. The minimum atomic E-state index is -0.426. The van der Waals surface area contributed by atoms with Crippen LogP contribution in [0, 0.1) is 5.41 Å². The van der Waals surface area contributed by atoms with Crippen LogP contribution in [0.25, 0.3) is 5.69 Å². The summed E-state index contributed by atoms with van der Waals surface area (Å²) in [4.78, 5) is 11.9. The zero-order valence-corrected chi connectivity index (χ0v) is 10.6. The molecule has 0 aliphatic rings. The van der Waals surface area contributed by atoms with Gasteiger partial charge < -0.3 is 5.32 Å². The third-order valence-electron chi connectivity index (χ3n) is 2.40. The average molecular weight is 245 g/mol. The standard InChI is InChI=1S/C12H15N5O/c1-12(2,3)11(18)14-9-5-4-6-10(7-9)17-8-13-15-16-17/h4-8H,1-3H3,(H,14,18). The number of anilines is 1. The molecule has 18 heavy (non-hydrogen) atoms. The molecule has 6 nitrogen and oxygen atoms in total. The number of hydrogen-bond acceptors (Lipinski definition) is 4. The van der Waals surface area contributed by atoms with Crippen LogP contribution in [0.4, 0.5) is 5.69 Å². The molecular weight excluding hydrogens is 230 g/mol. The summed E-state index contributed by atoms with van der Waals surface area (Å²) in [6.07, 6.45) is 1.50. The number of nitrogens with zero attached hydrogens (tertiary/aromatic N) is 4. The van der Waals surface area contributed by atoms with Crippen LogP contribution >= 0.6 is 0 Å². The fraction of sp³-hybridized carbons (Fsp3) is 0.333. The van der Waals surface area contributed by atoms with Crippen LogP contribution in [0.1, 0.15) is 20.8 Å². The van der Waals surface area contributed by atoms with Crippen LogP contribution < -0.4 is 5.32 Å². The Morgan fingerprint density at radius 3 is 2.72 bits per heavy atom. The summed E-state index contributed by atoms with van der Waals surface area (Å²) >= 11 is 0. The smallest absolute Gasteiger partial charge is 0.229 e. The first-order valence-electron chi connectivity index (χ1n) is 5.62. The van der Waals surface area contributed by atoms with Gasteiger partial charge in [0, 0.05) is 11.1 Å². The number of rotatable bonds is 2. The summed E-state index contributed by atoms with van der Waals surface area (Å²) < 4.78 is 1.53. The van der Waals surface area contributed by atoms with Gasteiger partial charge in [0.1, 0.15) is 6.33 Å². The lowest BCUT2D eigenvalue weighted by atomic mass is 9.95. The number of hydrogen-bond donors (Lipinski definition) is 1. The molecule has 1 aromatic heterocycles. The van der Waals surface area contributed by atoms with Crippen molar-refractivity contribution in [2.45, 2.75) is 20.8 Å². The maximum atomic E-state index is 11.9. The molecule has 0 aliphatic heterocycles. The SMILES string of the molecule is CC(C)(C)C(=O)Nc1cccc(-n2cnnn2)c1. The molecular formula is C12H15N5O.